The van der Waals surface area contributed by atoms with E-state index in [1.54, 1.807) is 0 Å². The van der Waals surface area contributed by atoms with Crippen LogP contribution in [-0.4, -0.2) is 24.8 Å². The molecule has 24 heavy (non-hydrogen) atoms. The number of ketones is 1. The summed E-state index contributed by atoms with van der Waals surface area (Å²) in [6.07, 6.45) is 12.3. The fraction of sp³-hybridized carbons (Fsp3) is 0.857. The van der Waals surface area contributed by atoms with Crippen LogP contribution >= 0.6 is 0 Å². The van der Waals surface area contributed by atoms with Crippen molar-refractivity contribution < 1.29 is 14.3 Å². The third-order valence-electron chi connectivity index (χ3n) is 8.84. The summed E-state index contributed by atoms with van der Waals surface area (Å²) in [4.78, 5) is 11.9. The maximum atomic E-state index is 11.9. The fourth-order valence-electron chi connectivity index (χ4n) is 7.52. The van der Waals surface area contributed by atoms with Crippen molar-refractivity contribution in [2.24, 2.45) is 34.5 Å². The maximum absolute atomic E-state index is 11.9. The number of ether oxygens (including phenoxy) is 2. The lowest BCUT2D eigenvalue weighted by atomic mass is 9.46. The molecule has 5 aliphatic rings. The number of hydrogen-bond donors (Lipinski definition) is 0. The first kappa shape index (κ1) is 15.6. The molecule has 3 heteroatoms. The quantitative estimate of drug-likeness (QED) is 0.670. The predicted octanol–water partition coefficient (Wildman–Crippen LogP) is 4.12. The molecule has 4 fully saturated rings. The SMILES string of the molecule is C[C@]12C=CC(=O)CC1CC[C@@H]1[C@@H]2CC[C@@]2(C)[C@H]1CCC21OCCO1. The van der Waals surface area contributed by atoms with E-state index in [1.165, 1.54) is 32.1 Å². The summed E-state index contributed by atoms with van der Waals surface area (Å²) in [5, 5.41) is 0. The van der Waals surface area contributed by atoms with Crippen LogP contribution in [0.15, 0.2) is 12.2 Å². The van der Waals surface area contributed by atoms with Crippen molar-refractivity contribution in [3.8, 4) is 0 Å². The summed E-state index contributed by atoms with van der Waals surface area (Å²) in [7, 11) is 0. The Balaban J connectivity index is 1.49. The number of fused-ring (bicyclic) bond motifs is 6. The van der Waals surface area contributed by atoms with Crippen molar-refractivity contribution in [1.82, 2.24) is 0 Å². The van der Waals surface area contributed by atoms with Gasteiger partial charge in [0, 0.05) is 18.3 Å². The molecule has 1 aliphatic heterocycles. The topological polar surface area (TPSA) is 35.5 Å². The minimum absolute atomic E-state index is 0.183. The Hall–Kier alpha value is -0.670. The number of allylic oxidation sites excluding steroid dienone is 2. The van der Waals surface area contributed by atoms with Crippen LogP contribution in [0.1, 0.15) is 58.8 Å². The number of carbonyl (C=O) groups is 1. The predicted molar refractivity (Wildman–Crippen MR) is 91.3 cm³/mol. The number of hydrogen-bond acceptors (Lipinski definition) is 3. The molecule has 3 saturated carbocycles. The molecule has 1 heterocycles. The lowest BCUT2D eigenvalue weighted by Crippen LogP contribution is -2.56. The standard InChI is InChI=1S/C21H30O3/c1-19-8-5-15(22)13-14(19)3-4-16-17(19)6-9-20(2)18(16)7-10-21(20)23-11-12-24-21/h5,8,14,16-18H,3-4,6-7,9-13H2,1-2H3/t14?,16-,17+,18+,19+,20+/m1/s1. The Morgan fingerprint density at radius 2 is 1.75 bits per heavy atom. The first-order chi connectivity index (χ1) is 11.5. The average Bonchev–Trinajstić information content (AvgIpc) is 3.15. The zero-order valence-electron chi connectivity index (χ0n) is 15.1. The van der Waals surface area contributed by atoms with Crippen LogP contribution in [0.25, 0.3) is 0 Å². The van der Waals surface area contributed by atoms with Crippen LogP contribution in [0.5, 0.6) is 0 Å². The lowest BCUT2D eigenvalue weighted by molar-refractivity contribution is -0.244. The lowest BCUT2D eigenvalue weighted by Gasteiger charge is -2.59. The molecule has 0 radical (unpaired) electrons. The van der Waals surface area contributed by atoms with Crippen molar-refractivity contribution in [1.29, 1.82) is 0 Å². The normalized spacial score (nSPS) is 52.2. The maximum Gasteiger partial charge on any atom is 0.174 e. The summed E-state index contributed by atoms with van der Waals surface area (Å²) < 4.78 is 12.4. The van der Waals surface area contributed by atoms with Crippen LogP contribution in [0, 0.1) is 34.5 Å². The van der Waals surface area contributed by atoms with Crippen molar-refractivity contribution >= 4 is 5.78 Å². The second-order valence-electron chi connectivity index (χ2n) is 9.47. The van der Waals surface area contributed by atoms with Crippen LogP contribution in [0.4, 0.5) is 0 Å². The zero-order chi connectivity index (χ0) is 16.6. The Bertz CT molecular complexity index is 590. The monoisotopic (exact) mass is 330 g/mol. The second kappa shape index (κ2) is 4.94. The van der Waals surface area contributed by atoms with Gasteiger partial charge in [0.1, 0.15) is 0 Å². The van der Waals surface area contributed by atoms with E-state index in [9.17, 15) is 4.79 Å². The van der Waals surface area contributed by atoms with Gasteiger partial charge in [0.25, 0.3) is 0 Å². The first-order valence-electron chi connectivity index (χ1n) is 9.99. The third kappa shape index (κ3) is 1.78. The molecule has 1 spiro atoms. The first-order valence-corrected chi connectivity index (χ1v) is 9.99. The Morgan fingerprint density at radius 3 is 2.54 bits per heavy atom. The molecule has 132 valence electrons. The molecule has 0 aromatic carbocycles. The molecule has 0 N–H and O–H groups in total. The van der Waals surface area contributed by atoms with E-state index in [0.29, 0.717) is 11.7 Å². The van der Waals surface area contributed by atoms with Gasteiger partial charge in [0.2, 0.25) is 0 Å². The van der Waals surface area contributed by atoms with E-state index in [0.717, 1.165) is 43.8 Å². The van der Waals surface area contributed by atoms with Crippen LogP contribution < -0.4 is 0 Å². The highest BCUT2D eigenvalue weighted by Gasteiger charge is 2.66. The highest BCUT2D eigenvalue weighted by Crippen LogP contribution is 2.68. The van der Waals surface area contributed by atoms with Crippen molar-refractivity contribution in [2.75, 3.05) is 13.2 Å². The largest absolute Gasteiger partial charge is 0.347 e. The Morgan fingerprint density at radius 1 is 1.00 bits per heavy atom. The van der Waals surface area contributed by atoms with Gasteiger partial charge in [0.15, 0.2) is 11.6 Å². The molecule has 5 rings (SSSR count). The molecule has 3 nitrogen and oxygen atoms in total. The molecule has 1 saturated heterocycles. The fourth-order valence-corrected chi connectivity index (χ4v) is 7.52. The second-order valence-corrected chi connectivity index (χ2v) is 9.47. The van der Waals surface area contributed by atoms with E-state index in [1.807, 2.05) is 6.08 Å². The van der Waals surface area contributed by atoms with Gasteiger partial charge >= 0.3 is 0 Å². The zero-order valence-corrected chi connectivity index (χ0v) is 15.1. The number of rotatable bonds is 0. The van der Waals surface area contributed by atoms with Crippen molar-refractivity contribution in [2.45, 2.75) is 64.6 Å². The van der Waals surface area contributed by atoms with Crippen LogP contribution in [0.2, 0.25) is 0 Å². The highest BCUT2D eigenvalue weighted by molar-refractivity contribution is 5.91. The minimum atomic E-state index is -0.293. The molecule has 0 amide bonds. The van der Waals surface area contributed by atoms with E-state index < -0.39 is 0 Å². The summed E-state index contributed by atoms with van der Waals surface area (Å²) in [5.74, 6) is 2.83. The van der Waals surface area contributed by atoms with E-state index in [2.05, 4.69) is 19.9 Å². The van der Waals surface area contributed by atoms with Gasteiger partial charge in [-0.1, -0.05) is 19.9 Å². The molecule has 4 aliphatic carbocycles. The molecule has 0 bridgehead atoms. The van der Waals surface area contributed by atoms with Crippen molar-refractivity contribution in [3.63, 3.8) is 0 Å². The van der Waals surface area contributed by atoms with Gasteiger partial charge < -0.3 is 9.47 Å². The van der Waals surface area contributed by atoms with Crippen LogP contribution in [0.3, 0.4) is 0 Å². The molecular formula is C21H30O3. The van der Waals surface area contributed by atoms with E-state index in [4.69, 9.17) is 9.47 Å². The van der Waals surface area contributed by atoms with Crippen molar-refractivity contribution in [3.05, 3.63) is 12.2 Å². The minimum Gasteiger partial charge on any atom is -0.347 e. The summed E-state index contributed by atoms with van der Waals surface area (Å²) in [5.41, 5.74) is 0.410. The third-order valence-corrected chi connectivity index (χ3v) is 8.84. The smallest absolute Gasteiger partial charge is 0.174 e. The molecule has 0 aromatic heterocycles. The van der Waals surface area contributed by atoms with Gasteiger partial charge in [-0.05, 0) is 67.3 Å². The highest BCUT2D eigenvalue weighted by atomic mass is 16.7. The van der Waals surface area contributed by atoms with Crippen LogP contribution in [-0.2, 0) is 14.3 Å². The average molecular weight is 330 g/mol. The van der Waals surface area contributed by atoms with E-state index in [-0.39, 0.29) is 16.6 Å². The number of carbonyl (C=O) groups excluding carboxylic acids is 1. The van der Waals surface area contributed by atoms with E-state index >= 15 is 0 Å². The summed E-state index contributed by atoms with van der Waals surface area (Å²) >= 11 is 0. The Labute approximate surface area is 145 Å². The van der Waals surface area contributed by atoms with Gasteiger partial charge in [-0.25, -0.2) is 0 Å². The summed E-state index contributed by atoms with van der Waals surface area (Å²) in [6.45, 7) is 6.41. The molecular weight excluding hydrogens is 300 g/mol. The molecule has 6 atom stereocenters. The molecule has 1 unspecified atom stereocenters. The van der Waals surface area contributed by atoms with Gasteiger partial charge in [0.05, 0.1) is 13.2 Å². The Kier molecular flexibility index (Phi) is 3.21. The van der Waals surface area contributed by atoms with Gasteiger partial charge in [-0.15, -0.1) is 0 Å². The molecule has 0 aromatic rings. The summed E-state index contributed by atoms with van der Waals surface area (Å²) in [6, 6.07) is 0. The van der Waals surface area contributed by atoms with Gasteiger partial charge in [-0.3, -0.25) is 4.79 Å². The van der Waals surface area contributed by atoms with Gasteiger partial charge in [-0.2, -0.15) is 0 Å².